The highest BCUT2D eigenvalue weighted by molar-refractivity contribution is 5.98. The molecule has 5 rings (SSSR count). The summed E-state index contributed by atoms with van der Waals surface area (Å²) in [7, 11) is 1.82. The first-order valence-corrected chi connectivity index (χ1v) is 9.84. The molecule has 2 aromatic heterocycles. The predicted octanol–water partition coefficient (Wildman–Crippen LogP) is 5.52. The minimum absolute atomic E-state index is 0.0367. The van der Waals surface area contributed by atoms with Gasteiger partial charge in [0.15, 0.2) is 0 Å². The summed E-state index contributed by atoms with van der Waals surface area (Å²) < 4.78 is 3.98. The molecule has 0 spiro atoms. The Balaban J connectivity index is 1.73. The van der Waals surface area contributed by atoms with Crippen LogP contribution in [-0.4, -0.2) is 9.13 Å². The molecule has 0 amide bonds. The Kier molecular flexibility index (Phi) is 4.09. The van der Waals surface area contributed by atoms with E-state index >= 15 is 0 Å². The first-order chi connectivity index (χ1) is 14.1. The van der Waals surface area contributed by atoms with E-state index in [-0.39, 0.29) is 5.56 Å². The summed E-state index contributed by atoms with van der Waals surface area (Å²) in [6.45, 7) is 2.99. The third-order valence-corrected chi connectivity index (χ3v) is 5.69. The van der Waals surface area contributed by atoms with E-state index in [4.69, 9.17) is 0 Å². The van der Waals surface area contributed by atoms with E-state index in [1.165, 1.54) is 22.0 Å². The average Bonchev–Trinajstić information content (AvgIpc) is 3.15. The number of fused-ring (bicyclic) bond motifs is 2. The monoisotopic (exact) mass is 378 g/mol. The standard InChI is InChI=1S/C26H22N2O/c1-18-14-20(24-17-27(2)26(29)23-11-7-6-10-22(23)24)15-25-21(18)12-13-28(25)16-19-8-4-3-5-9-19/h3-15,17H,16H2,1-2H3. The molecule has 0 fully saturated rings. The van der Waals surface area contributed by atoms with Crippen LogP contribution in [0.4, 0.5) is 0 Å². The molecule has 0 aliphatic heterocycles. The fourth-order valence-electron chi connectivity index (χ4n) is 4.20. The normalized spacial score (nSPS) is 11.4. The number of aryl methyl sites for hydroxylation is 2. The minimum Gasteiger partial charge on any atom is -0.343 e. The molecule has 0 N–H and O–H groups in total. The van der Waals surface area contributed by atoms with Crippen molar-refractivity contribution >= 4 is 21.7 Å². The van der Waals surface area contributed by atoms with Gasteiger partial charge in [-0.3, -0.25) is 4.79 Å². The Hall–Kier alpha value is -3.59. The largest absolute Gasteiger partial charge is 0.343 e. The Morgan fingerprint density at radius 2 is 1.55 bits per heavy atom. The van der Waals surface area contributed by atoms with Crippen LogP contribution >= 0.6 is 0 Å². The molecule has 29 heavy (non-hydrogen) atoms. The maximum atomic E-state index is 12.6. The molecule has 0 bridgehead atoms. The second-order valence-electron chi connectivity index (χ2n) is 7.66. The van der Waals surface area contributed by atoms with Crippen LogP contribution in [-0.2, 0) is 13.6 Å². The van der Waals surface area contributed by atoms with Gasteiger partial charge in [0.1, 0.15) is 0 Å². The minimum atomic E-state index is 0.0367. The van der Waals surface area contributed by atoms with E-state index < -0.39 is 0 Å². The number of nitrogens with zero attached hydrogens (tertiary/aromatic N) is 2. The molecule has 142 valence electrons. The Labute approximate surface area is 169 Å². The Morgan fingerprint density at radius 1 is 0.828 bits per heavy atom. The first-order valence-electron chi connectivity index (χ1n) is 9.84. The molecular formula is C26H22N2O. The first kappa shape index (κ1) is 17.5. The van der Waals surface area contributed by atoms with E-state index in [1.807, 2.05) is 43.6 Å². The number of aromatic nitrogens is 2. The lowest BCUT2D eigenvalue weighted by molar-refractivity contribution is 0.837. The van der Waals surface area contributed by atoms with Crippen LogP contribution < -0.4 is 5.56 Å². The molecule has 0 saturated heterocycles. The summed E-state index contributed by atoms with van der Waals surface area (Å²) >= 11 is 0. The van der Waals surface area contributed by atoms with Gasteiger partial charge in [0.05, 0.1) is 0 Å². The predicted molar refractivity (Wildman–Crippen MR) is 120 cm³/mol. The number of hydrogen-bond donors (Lipinski definition) is 0. The van der Waals surface area contributed by atoms with Crippen molar-refractivity contribution in [1.82, 2.24) is 9.13 Å². The maximum absolute atomic E-state index is 12.6. The van der Waals surface area contributed by atoms with Crippen LogP contribution in [0, 0.1) is 6.92 Å². The number of benzene rings is 3. The number of hydrogen-bond acceptors (Lipinski definition) is 1. The summed E-state index contributed by atoms with van der Waals surface area (Å²) in [5, 5.41) is 3.01. The quantitative estimate of drug-likeness (QED) is 0.406. The van der Waals surface area contributed by atoms with Gasteiger partial charge in [-0.15, -0.1) is 0 Å². The Morgan fingerprint density at radius 3 is 2.34 bits per heavy atom. The molecule has 0 saturated carbocycles. The van der Waals surface area contributed by atoms with Crippen molar-refractivity contribution < 1.29 is 0 Å². The smallest absolute Gasteiger partial charge is 0.258 e. The van der Waals surface area contributed by atoms with Crippen LogP contribution in [0.5, 0.6) is 0 Å². The number of rotatable bonds is 3. The summed E-state index contributed by atoms with van der Waals surface area (Å²) in [6, 6.07) is 25.0. The zero-order valence-electron chi connectivity index (χ0n) is 16.6. The summed E-state index contributed by atoms with van der Waals surface area (Å²) in [5.41, 5.74) is 5.98. The SMILES string of the molecule is Cc1cc(-c2cn(C)c(=O)c3ccccc23)cc2c1ccn2Cc1ccccc1. The van der Waals surface area contributed by atoms with Gasteiger partial charge in [-0.1, -0.05) is 54.6 Å². The topological polar surface area (TPSA) is 26.9 Å². The van der Waals surface area contributed by atoms with E-state index in [2.05, 4.69) is 60.2 Å². The molecule has 0 aliphatic rings. The fraction of sp³-hybridized carbons (Fsp3) is 0.115. The van der Waals surface area contributed by atoms with Crippen molar-refractivity contribution in [2.45, 2.75) is 13.5 Å². The van der Waals surface area contributed by atoms with Crippen molar-refractivity contribution in [1.29, 1.82) is 0 Å². The highest BCUT2D eigenvalue weighted by Gasteiger charge is 2.12. The van der Waals surface area contributed by atoms with Gasteiger partial charge >= 0.3 is 0 Å². The molecule has 0 radical (unpaired) electrons. The van der Waals surface area contributed by atoms with Crippen molar-refractivity contribution in [3.8, 4) is 11.1 Å². The van der Waals surface area contributed by atoms with Crippen LogP contribution in [0.1, 0.15) is 11.1 Å². The average molecular weight is 378 g/mol. The zero-order valence-corrected chi connectivity index (χ0v) is 16.6. The molecule has 3 aromatic carbocycles. The molecule has 0 aliphatic carbocycles. The van der Waals surface area contributed by atoms with Crippen LogP contribution in [0.2, 0.25) is 0 Å². The molecule has 5 aromatic rings. The van der Waals surface area contributed by atoms with Gasteiger partial charge in [0, 0.05) is 47.8 Å². The second kappa shape index (κ2) is 6.78. The van der Waals surface area contributed by atoms with Crippen LogP contribution in [0.25, 0.3) is 32.8 Å². The van der Waals surface area contributed by atoms with Gasteiger partial charge in [-0.25, -0.2) is 0 Å². The molecule has 0 unspecified atom stereocenters. The lowest BCUT2D eigenvalue weighted by atomic mass is 9.97. The summed E-state index contributed by atoms with van der Waals surface area (Å²) in [6.07, 6.45) is 4.11. The lowest BCUT2D eigenvalue weighted by Gasteiger charge is -2.12. The van der Waals surface area contributed by atoms with Crippen molar-refractivity contribution in [2.24, 2.45) is 7.05 Å². The van der Waals surface area contributed by atoms with E-state index in [9.17, 15) is 4.79 Å². The van der Waals surface area contributed by atoms with Crippen molar-refractivity contribution in [3.05, 3.63) is 107 Å². The summed E-state index contributed by atoms with van der Waals surface area (Å²) in [4.78, 5) is 12.6. The molecule has 0 atom stereocenters. The molecule has 3 nitrogen and oxygen atoms in total. The molecule has 2 heterocycles. The van der Waals surface area contributed by atoms with Crippen LogP contribution in [0.15, 0.2) is 90.0 Å². The van der Waals surface area contributed by atoms with Gasteiger partial charge in [-0.2, -0.15) is 0 Å². The Bertz CT molecular complexity index is 1410. The van der Waals surface area contributed by atoms with E-state index in [0.717, 1.165) is 28.4 Å². The van der Waals surface area contributed by atoms with Gasteiger partial charge < -0.3 is 9.13 Å². The third kappa shape index (κ3) is 2.95. The second-order valence-corrected chi connectivity index (χ2v) is 7.66. The zero-order chi connectivity index (χ0) is 20.0. The molecular weight excluding hydrogens is 356 g/mol. The van der Waals surface area contributed by atoms with Crippen molar-refractivity contribution in [2.75, 3.05) is 0 Å². The van der Waals surface area contributed by atoms with Gasteiger partial charge in [0.2, 0.25) is 0 Å². The number of pyridine rings is 1. The highest BCUT2D eigenvalue weighted by atomic mass is 16.1. The van der Waals surface area contributed by atoms with Crippen molar-refractivity contribution in [3.63, 3.8) is 0 Å². The fourth-order valence-corrected chi connectivity index (χ4v) is 4.20. The summed E-state index contributed by atoms with van der Waals surface area (Å²) in [5.74, 6) is 0. The highest BCUT2D eigenvalue weighted by Crippen LogP contribution is 2.32. The lowest BCUT2D eigenvalue weighted by Crippen LogP contribution is -2.16. The van der Waals surface area contributed by atoms with Gasteiger partial charge in [-0.05, 0) is 47.2 Å². The molecule has 3 heteroatoms. The maximum Gasteiger partial charge on any atom is 0.258 e. The van der Waals surface area contributed by atoms with E-state index in [0.29, 0.717) is 0 Å². The third-order valence-electron chi connectivity index (χ3n) is 5.69. The van der Waals surface area contributed by atoms with Crippen LogP contribution in [0.3, 0.4) is 0 Å². The van der Waals surface area contributed by atoms with Gasteiger partial charge in [0.25, 0.3) is 5.56 Å². The van der Waals surface area contributed by atoms with E-state index in [1.54, 1.807) is 4.57 Å².